The molecule has 0 saturated heterocycles. The van der Waals surface area contributed by atoms with E-state index in [0.29, 0.717) is 11.5 Å². The van der Waals surface area contributed by atoms with Gasteiger partial charge in [-0.05, 0) is 60.1 Å². The number of para-hydroxylation sites is 3. The van der Waals surface area contributed by atoms with Crippen molar-refractivity contribution in [3.63, 3.8) is 0 Å². The normalized spacial score (nSPS) is 11.7. The van der Waals surface area contributed by atoms with E-state index in [0.717, 1.165) is 49.7 Å². The zero-order valence-electron chi connectivity index (χ0n) is 26.6. The van der Waals surface area contributed by atoms with Crippen LogP contribution in [0.2, 0.25) is 0 Å². The van der Waals surface area contributed by atoms with Gasteiger partial charge in [0.2, 0.25) is 0 Å². The molecule has 7 heteroatoms. The van der Waals surface area contributed by atoms with Crippen molar-refractivity contribution in [2.24, 2.45) is 0 Å². The monoisotopic (exact) mass is 812 g/mol. The van der Waals surface area contributed by atoms with Crippen LogP contribution in [0.1, 0.15) is 11.1 Å². The molecule has 0 spiro atoms. The summed E-state index contributed by atoms with van der Waals surface area (Å²) in [4.78, 5) is 4.94. The maximum absolute atomic E-state index is 6.42. The van der Waals surface area contributed by atoms with Gasteiger partial charge in [-0.3, -0.25) is 4.52 Å². The predicted octanol–water partition coefficient (Wildman–Crippen LogP) is 10.1. The summed E-state index contributed by atoms with van der Waals surface area (Å²) < 4.78 is 12.9. The van der Waals surface area contributed by atoms with Crippen LogP contribution in [0.25, 0.3) is 71.5 Å². The van der Waals surface area contributed by atoms with Crippen LogP contribution in [0.3, 0.4) is 0 Å². The van der Waals surface area contributed by atoms with Crippen molar-refractivity contribution >= 4 is 60.0 Å². The number of nitrogens with zero attached hydrogens (tertiary/aromatic N) is 5. The Morgan fingerprint density at radius 3 is 2.08 bits per heavy atom. The van der Waals surface area contributed by atoms with E-state index < -0.39 is 0 Å². The molecule has 5 aromatic carbocycles. The fourth-order valence-electron chi connectivity index (χ4n) is 7.32. The topological polar surface area (TPSA) is 49.3 Å². The SMILES string of the molecule is Cc1cccc2c3cccc(C)c3n(-c3ccnc(-n4c5[c-]c(Oc6[c-]c7c(cc6)ccc6ccnn67)ccc5c5ccccc54)c3)c12.[Pt+2]. The third kappa shape index (κ3) is 4.44. The molecule has 0 atom stereocenters. The Hall–Kier alpha value is -5.71. The Balaban J connectivity index is 0.00000325. The van der Waals surface area contributed by atoms with E-state index in [-0.39, 0.29) is 21.1 Å². The fourth-order valence-corrected chi connectivity index (χ4v) is 7.32. The van der Waals surface area contributed by atoms with Crippen LogP contribution >= 0.6 is 0 Å². The van der Waals surface area contributed by atoms with Crippen LogP contribution in [0.15, 0.2) is 128 Å². The number of aryl methyl sites for hydroxylation is 2. The van der Waals surface area contributed by atoms with E-state index in [2.05, 4.69) is 131 Å². The van der Waals surface area contributed by atoms with Crippen molar-refractivity contribution in [1.29, 1.82) is 0 Å². The van der Waals surface area contributed by atoms with Gasteiger partial charge in [-0.25, -0.2) is 4.98 Å². The van der Waals surface area contributed by atoms with Gasteiger partial charge in [-0.1, -0.05) is 60.1 Å². The summed E-state index contributed by atoms with van der Waals surface area (Å²) in [6, 6.07) is 47.0. The van der Waals surface area contributed by atoms with E-state index >= 15 is 0 Å². The first kappa shape index (κ1) is 29.4. The average Bonchev–Trinajstić information content (AvgIpc) is 3.82. The van der Waals surface area contributed by atoms with Gasteiger partial charge in [0.25, 0.3) is 0 Å². The van der Waals surface area contributed by atoms with Crippen LogP contribution in [0.4, 0.5) is 0 Å². The number of rotatable bonds is 4. The van der Waals surface area contributed by atoms with Crippen LogP contribution < -0.4 is 4.74 Å². The second-order valence-corrected chi connectivity index (χ2v) is 12.3. The molecule has 10 aromatic rings. The predicted molar refractivity (Wildman–Crippen MR) is 193 cm³/mol. The van der Waals surface area contributed by atoms with Gasteiger partial charge < -0.3 is 13.9 Å². The molecule has 5 heterocycles. The molecular weight excluding hydrogens is 786 g/mol. The molecule has 10 rings (SSSR count). The Bertz CT molecular complexity index is 2860. The Kier molecular flexibility index (Phi) is 6.72. The van der Waals surface area contributed by atoms with Gasteiger partial charge >= 0.3 is 21.1 Å². The molecule has 0 unspecified atom stereocenters. The summed E-state index contributed by atoms with van der Waals surface area (Å²) in [5, 5.41) is 10.2. The number of pyridine rings is 2. The Labute approximate surface area is 296 Å². The van der Waals surface area contributed by atoms with E-state index in [1.54, 1.807) is 6.20 Å². The molecule has 6 nitrogen and oxygen atoms in total. The summed E-state index contributed by atoms with van der Waals surface area (Å²) in [7, 11) is 0. The van der Waals surface area contributed by atoms with Crippen LogP contribution in [0.5, 0.6) is 11.5 Å². The van der Waals surface area contributed by atoms with Gasteiger partial charge in [-0.15, -0.1) is 41.1 Å². The molecule has 0 aliphatic rings. The number of hydrogen-bond acceptors (Lipinski definition) is 3. The summed E-state index contributed by atoms with van der Waals surface area (Å²) in [5.74, 6) is 2.00. The number of aromatic nitrogens is 5. The van der Waals surface area contributed by atoms with Crippen LogP contribution in [-0.2, 0) is 21.1 Å². The first-order chi connectivity index (χ1) is 23.6. The van der Waals surface area contributed by atoms with Crippen LogP contribution in [-0.4, -0.2) is 23.7 Å². The molecule has 0 aliphatic heterocycles. The van der Waals surface area contributed by atoms with E-state index in [1.165, 1.54) is 32.9 Å². The summed E-state index contributed by atoms with van der Waals surface area (Å²) in [5.41, 5.74) is 9.75. The van der Waals surface area contributed by atoms with Crippen molar-refractivity contribution in [3.8, 4) is 23.0 Å². The van der Waals surface area contributed by atoms with Gasteiger partial charge in [-0.2, -0.15) is 17.2 Å². The quantitative estimate of drug-likeness (QED) is 0.166. The first-order valence-corrected chi connectivity index (χ1v) is 16.0. The summed E-state index contributed by atoms with van der Waals surface area (Å²) in [6.07, 6.45) is 3.70. The molecule has 0 aliphatic carbocycles. The molecule has 0 fully saturated rings. The zero-order chi connectivity index (χ0) is 31.9. The second-order valence-electron chi connectivity index (χ2n) is 12.3. The maximum Gasteiger partial charge on any atom is 2.00 e. The van der Waals surface area contributed by atoms with Crippen molar-refractivity contribution in [1.82, 2.24) is 23.7 Å². The molecule has 0 saturated carbocycles. The van der Waals surface area contributed by atoms with Crippen molar-refractivity contribution in [2.75, 3.05) is 0 Å². The minimum absolute atomic E-state index is 0. The number of ether oxygens (including phenoxy) is 1. The van der Waals surface area contributed by atoms with Gasteiger partial charge in [0, 0.05) is 46.2 Å². The fraction of sp³-hybridized carbons (Fsp3) is 0.0476. The van der Waals surface area contributed by atoms with E-state index in [4.69, 9.17) is 9.72 Å². The van der Waals surface area contributed by atoms with Crippen molar-refractivity contribution in [3.05, 3.63) is 151 Å². The standard InChI is InChI=1S/C42H27N5O.Pt/c1-26-7-5-10-35-36-11-6-8-27(2)42(36)45(41(26)35)30-19-21-43-40(23-30)46-37-12-4-3-9-33(37)34-18-17-32(25-39(34)46)48-31-16-14-28-13-15-29-20-22-44-47(29)38(28)24-31;/h3-23H,1-2H3;/q-2;+2. The first-order valence-electron chi connectivity index (χ1n) is 16.0. The number of fused-ring (bicyclic) bond motifs is 9. The van der Waals surface area contributed by atoms with Gasteiger partial charge in [0.1, 0.15) is 5.82 Å². The number of hydrogen-bond donors (Lipinski definition) is 0. The van der Waals surface area contributed by atoms with E-state index in [9.17, 15) is 0 Å². The molecular formula is C42H27N5OPt. The largest absolute Gasteiger partial charge is 2.00 e. The summed E-state index contributed by atoms with van der Waals surface area (Å²) >= 11 is 0. The average molecular weight is 813 g/mol. The Morgan fingerprint density at radius 1 is 0.592 bits per heavy atom. The third-order valence-corrected chi connectivity index (χ3v) is 9.45. The minimum Gasteiger partial charge on any atom is -0.509 e. The molecule has 236 valence electrons. The molecule has 49 heavy (non-hydrogen) atoms. The van der Waals surface area contributed by atoms with Crippen molar-refractivity contribution in [2.45, 2.75) is 13.8 Å². The minimum atomic E-state index is 0. The zero-order valence-corrected chi connectivity index (χ0v) is 28.9. The van der Waals surface area contributed by atoms with E-state index in [1.807, 2.05) is 35.0 Å². The number of benzene rings is 5. The second kappa shape index (κ2) is 11.2. The molecule has 0 radical (unpaired) electrons. The van der Waals surface area contributed by atoms with Gasteiger partial charge in [0.05, 0.1) is 22.2 Å². The maximum atomic E-state index is 6.42. The van der Waals surface area contributed by atoms with Crippen molar-refractivity contribution < 1.29 is 25.8 Å². The van der Waals surface area contributed by atoms with Crippen LogP contribution in [0, 0.1) is 26.0 Å². The molecule has 0 bridgehead atoms. The van der Waals surface area contributed by atoms with Gasteiger partial charge in [0.15, 0.2) is 0 Å². The molecule has 5 aromatic heterocycles. The smallest absolute Gasteiger partial charge is 0.509 e. The molecule has 0 amide bonds. The summed E-state index contributed by atoms with van der Waals surface area (Å²) in [6.45, 7) is 4.37. The Morgan fingerprint density at radius 2 is 1.29 bits per heavy atom. The molecule has 0 N–H and O–H groups in total. The third-order valence-electron chi connectivity index (χ3n) is 9.45.